The molecule has 3 nitrogen and oxygen atoms in total. The van der Waals surface area contributed by atoms with Crippen LogP contribution in [0.2, 0.25) is 0 Å². The Morgan fingerprint density at radius 2 is 2.14 bits per heavy atom. The number of piperidine rings is 1. The molecule has 0 aromatic carbocycles. The zero-order valence-electron chi connectivity index (χ0n) is 14.2. The van der Waals surface area contributed by atoms with Gasteiger partial charge in [-0.25, -0.2) is 0 Å². The van der Waals surface area contributed by atoms with Gasteiger partial charge in [-0.05, 0) is 51.0 Å². The van der Waals surface area contributed by atoms with Crippen LogP contribution in [0.1, 0.15) is 49.4 Å². The van der Waals surface area contributed by atoms with Crippen LogP contribution in [0.5, 0.6) is 0 Å². The van der Waals surface area contributed by atoms with E-state index in [1.54, 1.807) is 0 Å². The summed E-state index contributed by atoms with van der Waals surface area (Å²) in [6, 6.07) is 5.54. The second-order valence-corrected chi connectivity index (χ2v) is 8.54. The molecule has 1 aromatic heterocycles. The molecule has 120 valence electrons. The third-order valence-electron chi connectivity index (χ3n) is 4.58. The quantitative estimate of drug-likeness (QED) is 0.928. The summed E-state index contributed by atoms with van der Waals surface area (Å²) in [5, 5.41) is 0. The predicted octanol–water partition coefficient (Wildman–Crippen LogP) is 3.07. The molecular weight excluding hydrogens is 278 g/mol. The van der Waals surface area contributed by atoms with E-state index in [0.29, 0.717) is 18.6 Å². The van der Waals surface area contributed by atoms with E-state index in [1.165, 1.54) is 29.1 Å². The van der Waals surface area contributed by atoms with Gasteiger partial charge in [0.05, 0.1) is 6.04 Å². The molecule has 0 saturated carbocycles. The molecule has 2 unspecified atom stereocenters. The minimum atomic E-state index is 0.228. The molecule has 0 radical (unpaired) electrons. The van der Waals surface area contributed by atoms with Crippen molar-refractivity contribution in [3.05, 3.63) is 21.9 Å². The number of thiophene rings is 1. The molecule has 2 rings (SSSR count). The monoisotopic (exact) mass is 309 g/mol. The fraction of sp³-hybridized carbons (Fsp3) is 0.765. The van der Waals surface area contributed by atoms with Gasteiger partial charge in [-0.3, -0.25) is 4.90 Å². The smallest absolute Gasteiger partial charge is 0.0564 e. The number of likely N-dealkylation sites (N-methyl/N-ethyl adjacent to an activating group) is 2. The lowest BCUT2D eigenvalue weighted by molar-refractivity contribution is 0.102. The zero-order chi connectivity index (χ0) is 15.6. The Hall–Kier alpha value is -0.420. The van der Waals surface area contributed by atoms with Crippen molar-refractivity contribution in [2.24, 2.45) is 5.73 Å². The summed E-state index contributed by atoms with van der Waals surface area (Å²) in [6.45, 7) is 9.91. The van der Waals surface area contributed by atoms with E-state index in [4.69, 9.17) is 5.73 Å². The van der Waals surface area contributed by atoms with Crippen LogP contribution >= 0.6 is 11.3 Å². The number of nitrogens with zero attached hydrogens (tertiary/aromatic N) is 2. The first-order valence-corrected chi connectivity index (χ1v) is 8.85. The van der Waals surface area contributed by atoms with Gasteiger partial charge in [0.2, 0.25) is 0 Å². The van der Waals surface area contributed by atoms with Gasteiger partial charge in [0, 0.05) is 28.9 Å². The molecule has 0 spiro atoms. The lowest BCUT2D eigenvalue weighted by Crippen LogP contribution is -2.47. The second-order valence-electron chi connectivity index (χ2n) is 7.43. The first-order valence-electron chi connectivity index (χ1n) is 8.03. The Kier molecular flexibility index (Phi) is 5.47. The summed E-state index contributed by atoms with van der Waals surface area (Å²) >= 11 is 1.93. The van der Waals surface area contributed by atoms with Gasteiger partial charge < -0.3 is 10.6 Å². The normalized spacial score (nSPS) is 22.7. The van der Waals surface area contributed by atoms with E-state index in [1.807, 2.05) is 11.3 Å². The van der Waals surface area contributed by atoms with E-state index < -0.39 is 0 Å². The summed E-state index contributed by atoms with van der Waals surface area (Å²) < 4.78 is 0. The number of nitrogens with two attached hydrogens (primary N) is 1. The molecule has 1 saturated heterocycles. The van der Waals surface area contributed by atoms with Crippen molar-refractivity contribution in [2.75, 3.05) is 33.7 Å². The molecule has 0 aliphatic carbocycles. The van der Waals surface area contributed by atoms with Crippen molar-refractivity contribution < 1.29 is 0 Å². The first-order chi connectivity index (χ1) is 9.82. The van der Waals surface area contributed by atoms with E-state index in [-0.39, 0.29) is 5.41 Å². The fourth-order valence-electron chi connectivity index (χ4n) is 3.14. The van der Waals surface area contributed by atoms with Crippen LogP contribution in [-0.2, 0) is 5.41 Å². The van der Waals surface area contributed by atoms with E-state index in [0.717, 1.165) is 6.54 Å². The van der Waals surface area contributed by atoms with Crippen molar-refractivity contribution in [3.63, 3.8) is 0 Å². The van der Waals surface area contributed by atoms with Crippen molar-refractivity contribution in [3.8, 4) is 0 Å². The van der Waals surface area contributed by atoms with Crippen LogP contribution in [-0.4, -0.2) is 49.6 Å². The standard InChI is InChI=1S/C17H31N3S/c1-17(2,3)16-9-8-15(21-16)14(11-18)20(5)13-7-6-10-19(4)12-13/h8-9,13-14H,6-7,10-12,18H2,1-5H3. The number of rotatable bonds is 4. The molecule has 1 aliphatic heterocycles. The van der Waals surface area contributed by atoms with Crippen LogP contribution in [0.25, 0.3) is 0 Å². The Balaban J connectivity index is 2.13. The van der Waals surface area contributed by atoms with Crippen molar-refractivity contribution >= 4 is 11.3 Å². The van der Waals surface area contributed by atoms with E-state index >= 15 is 0 Å². The summed E-state index contributed by atoms with van der Waals surface area (Å²) in [7, 11) is 4.47. The Morgan fingerprint density at radius 3 is 2.67 bits per heavy atom. The van der Waals surface area contributed by atoms with Crippen LogP contribution < -0.4 is 5.73 Å². The SMILES string of the molecule is CN1CCCC(N(C)C(CN)c2ccc(C(C)(C)C)s2)C1. The molecular formula is C17H31N3S. The minimum absolute atomic E-state index is 0.228. The first kappa shape index (κ1) is 16.9. The van der Waals surface area contributed by atoms with E-state index in [2.05, 4.69) is 56.8 Å². The fourth-order valence-corrected chi connectivity index (χ4v) is 4.38. The van der Waals surface area contributed by atoms with Gasteiger partial charge in [0.25, 0.3) is 0 Å². The summed E-state index contributed by atoms with van der Waals surface area (Å²) in [5.41, 5.74) is 6.34. The van der Waals surface area contributed by atoms with Gasteiger partial charge in [0.15, 0.2) is 0 Å². The van der Waals surface area contributed by atoms with Gasteiger partial charge in [-0.2, -0.15) is 0 Å². The number of likely N-dealkylation sites (tertiary alicyclic amines) is 1. The van der Waals surface area contributed by atoms with Gasteiger partial charge in [-0.1, -0.05) is 20.8 Å². The highest BCUT2D eigenvalue weighted by Gasteiger charge is 2.28. The lowest BCUT2D eigenvalue weighted by Gasteiger charge is -2.39. The van der Waals surface area contributed by atoms with Gasteiger partial charge >= 0.3 is 0 Å². The van der Waals surface area contributed by atoms with Crippen LogP contribution in [0.4, 0.5) is 0 Å². The molecule has 4 heteroatoms. The zero-order valence-corrected chi connectivity index (χ0v) is 15.0. The Bertz CT molecular complexity index is 449. The minimum Gasteiger partial charge on any atom is -0.329 e. The maximum Gasteiger partial charge on any atom is 0.0564 e. The summed E-state index contributed by atoms with van der Waals surface area (Å²) in [5.74, 6) is 0. The second kappa shape index (κ2) is 6.78. The highest BCUT2D eigenvalue weighted by atomic mass is 32.1. The summed E-state index contributed by atoms with van der Waals surface area (Å²) in [4.78, 5) is 7.81. The van der Waals surface area contributed by atoms with Crippen LogP contribution in [0, 0.1) is 0 Å². The maximum atomic E-state index is 6.12. The molecule has 0 bridgehead atoms. The highest BCUT2D eigenvalue weighted by molar-refractivity contribution is 7.12. The number of hydrogen-bond donors (Lipinski definition) is 1. The highest BCUT2D eigenvalue weighted by Crippen LogP contribution is 2.34. The van der Waals surface area contributed by atoms with Crippen LogP contribution in [0.15, 0.2) is 12.1 Å². The van der Waals surface area contributed by atoms with E-state index in [9.17, 15) is 0 Å². The third kappa shape index (κ3) is 4.07. The lowest BCUT2D eigenvalue weighted by atomic mass is 9.95. The van der Waals surface area contributed by atoms with Gasteiger partial charge in [0.1, 0.15) is 0 Å². The van der Waals surface area contributed by atoms with Crippen LogP contribution in [0.3, 0.4) is 0 Å². The number of hydrogen-bond acceptors (Lipinski definition) is 4. The Labute approximate surface area is 134 Å². The maximum absolute atomic E-state index is 6.12. The molecule has 1 fully saturated rings. The average Bonchev–Trinajstić information content (AvgIpc) is 2.89. The third-order valence-corrected chi connectivity index (χ3v) is 6.20. The molecule has 21 heavy (non-hydrogen) atoms. The molecule has 2 N–H and O–H groups in total. The molecule has 0 amide bonds. The molecule has 1 aliphatic rings. The molecule has 1 aromatic rings. The topological polar surface area (TPSA) is 32.5 Å². The molecule has 2 heterocycles. The van der Waals surface area contributed by atoms with Gasteiger partial charge in [-0.15, -0.1) is 11.3 Å². The predicted molar refractivity (Wildman–Crippen MR) is 93.1 cm³/mol. The van der Waals surface area contributed by atoms with Crippen molar-refractivity contribution in [2.45, 2.75) is 51.1 Å². The largest absolute Gasteiger partial charge is 0.329 e. The average molecular weight is 310 g/mol. The Morgan fingerprint density at radius 1 is 1.43 bits per heavy atom. The summed E-state index contributed by atoms with van der Waals surface area (Å²) in [6.07, 6.45) is 2.58. The van der Waals surface area contributed by atoms with Crippen molar-refractivity contribution in [1.82, 2.24) is 9.80 Å². The molecule has 2 atom stereocenters. The van der Waals surface area contributed by atoms with Crippen molar-refractivity contribution in [1.29, 1.82) is 0 Å².